The average molecular weight is 253 g/mol. The molecule has 3 N–H and O–H groups in total. The summed E-state index contributed by atoms with van der Waals surface area (Å²) >= 11 is 0. The first kappa shape index (κ1) is 13.8. The van der Waals surface area contributed by atoms with Crippen molar-refractivity contribution in [1.29, 1.82) is 0 Å². The van der Waals surface area contributed by atoms with E-state index in [1.807, 2.05) is 0 Å². The molecule has 2 aliphatic rings. The van der Waals surface area contributed by atoms with Gasteiger partial charge >= 0.3 is 0 Å². The lowest BCUT2D eigenvalue weighted by molar-refractivity contribution is -0.124. The van der Waals surface area contributed by atoms with Crippen molar-refractivity contribution in [1.82, 2.24) is 16.0 Å². The van der Waals surface area contributed by atoms with Gasteiger partial charge in [-0.25, -0.2) is 0 Å². The third-order valence-electron chi connectivity index (χ3n) is 4.34. The summed E-state index contributed by atoms with van der Waals surface area (Å²) in [6.07, 6.45) is 4.67. The maximum Gasteiger partial charge on any atom is 0.238 e. The van der Waals surface area contributed by atoms with Gasteiger partial charge in [0.2, 0.25) is 5.91 Å². The number of amides is 1. The lowest BCUT2D eigenvalue weighted by Gasteiger charge is -2.36. The third-order valence-corrected chi connectivity index (χ3v) is 4.34. The first-order chi connectivity index (χ1) is 8.46. The molecule has 4 heteroatoms. The van der Waals surface area contributed by atoms with Gasteiger partial charge in [0.1, 0.15) is 0 Å². The second-order valence-electron chi connectivity index (χ2n) is 6.72. The minimum Gasteiger partial charge on any atom is -0.352 e. The molecule has 0 aromatic heterocycles. The van der Waals surface area contributed by atoms with Gasteiger partial charge in [-0.3, -0.25) is 4.79 Å². The Bertz CT molecular complexity index is 285. The molecule has 0 bridgehead atoms. The van der Waals surface area contributed by atoms with E-state index in [-0.39, 0.29) is 11.9 Å². The second-order valence-corrected chi connectivity index (χ2v) is 6.72. The molecule has 2 unspecified atom stereocenters. The van der Waals surface area contributed by atoms with E-state index in [4.69, 9.17) is 0 Å². The van der Waals surface area contributed by atoms with Gasteiger partial charge in [0.15, 0.2) is 0 Å². The average Bonchev–Trinajstić information content (AvgIpc) is 2.33. The summed E-state index contributed by atoms with van der Waals surface area (Å²) < 4.78 is 0. The molecule has 2 rings (SSSR count). The van der Waals surface area contributed by atoms with Gasteiger partial charge < -0.3 is 16.0 Å². The number of carbonyl (C=O) groups is 1. The molecule has 1 aliphatic heterocycles. The Balaban J connectivity index is 1.75. The smallest absolute Gasteiger partial charge is 0.238 e. The van der Waals surface area contributed by atoms with Crippen LogP contribution in [0.3, 0.4) is 0 Å². The van der Waals surface area contributed by atoms with E-state index in [9.17, 15) is 4.79 Å². The van der Waals surface area contributed by atoms with Crippen LogP contribution in [0.4, 0.5) is 0 Å². The molecule has 1 saturated carbocycles. The number of piperazine rings is 1. The molecular formula is C14H27N3O. The molecular weight excluding hydrogens is 226 g/mol. The van der Waals surface area contributed by atoms with Gasteiger partial charge in [0.25, 0.3) is 0 Å². The van der Waals surface area contributed by atoms with Crippen LogP contribution in [0.25, 0.3) is 0 Å². The zero-order chi connectivity index (χ0) is 13.2. The molecule has 1 amide bonds. The zero-order valence-electron chi connectivity index (χ0n) is 11.9. The zero-order valence-corrected chi connectivity index (χ0v) is 11.9. The van der Waals surface area contributed by atoms with E-state index in [2.05, 4.69) is 36.7 Å². The fourth-order valence-corrected chi connectivity index (χ4v) is 2.81. The summed E-state index contributed by atoms with van der Waals surface area (Å²) in [4.78, 5) is 12.1. The van der Waals surface area contributed by atoms with Crippen molar-refractivity contribution in [2.45, 2.75) is 64.6 Å². The highest BCUT2D eigenvalue weighted by Gasteiger charge is 2.30. The van der Waals surface area contributed by atoms with E-state index >= 15 is 0 Å². The van der Waals surface area contributed by atoms with Crippen molar-refractivity contribution in [3.05, 3.63) is 0 Å². The van der Waals surface area contributed by atoms with Crippen molar-refractivity contribution in [3.8, 4) is 0 Å². The number of hydrogen-bond acceptors (Lipinski definition) is 3. The normalized spacial score (nSPS) is 33.1. The fraction of sp³-hybridized carbons (Fsp3) is 0.929. The maximum absolute atomic E-state index is 12.1. The fourth-order valence-electron chi connectivity index (χ4n) is 2.81. The van der Waals surface area contributed by atoms with E-state index in [0.717, 1.165) is 25.9 Å². The van der Waals surface area contributed by atoms with Crippen LogP contribution in [-0.2, 0) is 4.79 Å². The van der Waals surface area contributed by atoms with Crippen LogP contribution in [0.1, 0.15) is 46.5 Å². The van der Waals surface area contributed by atoms with Crippen molar-refractivity contribution in [2.24, 2.45) is 5.41 Å². The molecule has 18 heavy (non-hydrogen) atoms. The van der Waals surface area contributed by atoms with Crippen LogP contribution in [0.2, 0.25) is 0 Å². The highest BCUT2D eigenvalue weighted by atomic mass is 16.2. The van der Waals surface area contributed by atoms with Gasteiger partial charge in [-0.1, -0.05) is 13.8 Å². The van der Waals surface area contributed by atoms with E-state index in [0.29, 0.717) is 17.5 Å². The Morgan fingerprint density at radius 2 is 1.83 bits per heavy atom. The molecule has 4 nitrogen and oxygen atoms in total. The summed E-state index contributed by atoms with van der Waals surface area (Å²) in [7, 11) is 0. The molecule has 104 valence electrons. The highest BCUT2D eigenvalue weighted by molar-refractivity contribution is 5.82. The van der Waals surface area contributed by atoms with E-state index < -0.39 is 0 Å². The van der Waals surface area contributed by atoms with Gasteiger partial charge in [0.05, 0.1) is 6.04 Å². The lowest BCUT2D eigenvalue weighted by Crippen LogP contribution is -2.60. The van der Waals surface area contributed by atoms with E-state index in [1.165, 1.54) is 12.8 Å². The second kappa shape index (κ2) is 5.57. The highest BCUT2D eigenvalue weighted by Crippen LogP contribution is 2.34. The summed E-state index contributed by atoms with van der Waals surface area (Å²) in [6.45, 7) is 8.38. The van der Waals surface area contributed by atoms with Crippen LogP contribution < -0.4 is 16.0 Å². The lowest BCUT2D eigenvalue weighted by atomic mass is 9.75. The molecule has 2 fully saturated rings. The number of nitrogens with one attached hydrogen (secondary N) is 3. The van der Waals surface area contributed by atoms with Crippen LogP contribution in [-0.4, -0.2) is 37.1 Å². The number of hydrogen-bond donors (Lipinski definition) is 3. The molecule has 0 spiro atoms. The summed E-state index contributed by atoms with van der Waals surface area (Å²) in [5.41, 5.74) is 0.460. The molecule has 1 heterocycles. The molecule has 1 aliphatic carbocycles. The predicted molar refractivity (Wildman–Crippen MR) is 73.4 cm³/mol. The van der Waals surface area contributed by atoms with Crippen LogP contribution >= 0.6 is 0 Å². The minimum atomic E-state index is -0.0591. The molecule has 0 aromatic carbocycles. The Kier molecular flexibility index (Phi) is 4.28. The Morgan fingerprint density at radius 1 is 1.17 bits per heavy atom. The summed E-state index contributed by atoms with van der Waals surface area (Å²) in [5, 5.41) is 9.84. The largest absolute Gasteiger partial charge is 0.352 e. The monoisotopic (exact) mass is 253 g/mol. The van der Waals surface area contributed by atoms with Crippen LogP contribution in [0.5, 0.6) is 0 Å². The topological polar surface area (TPSA) is 53.2 Å². The summed E-state index contributed by atoms with van der Waals surface area (Å²) in [5.74, 6) is 0.166. The Hall–Kier alpha value is -0.610. The minimum absolute atomic E-state index is 0.0591. The van der Waals surface area contributed by atoms with E-state index in [1.54, 1.807) is 0 Å². The van der Waals surface area contributed by atoms with Crippen molar-refractivity contribution >= 4 is 5.91 Å². The van der Waals surface area contributed by atoms with Crippen molar-refractivity contribution in [3.63, 3.8) is 0 Å². The first-order valence-corrected chi connectivity index (χ1v) is 7.23. The molecule has 0 aromatic rings. The predicted octanol–water partition coefficient (Wildman–Crippen LogP) is 1.02. The standard InChI is InChI=1S/C14H27N3O/c1-10-8-16-12(9-15-10)13(18)17-11-4-6-14(2,3)7-5-11/h10-12,15-16H,4-9H2,1-3H3,(H,17,18). The van der Waals surface area contributed by atoms with Gasteiger partial charge in [-0.2, -0.15) is 0 Å². The SMILES string of the molecule is CC1CNC(C(=O)NC2CCC(C)(C)CC2)CN1. The van der Waals surface area contributed by atoms with Crippen molar-refractivity contribution < 1.29 is 4.79 Å². The molecule has 2 atom stereocenters. The maximum atomic E-state index is 12.1. The van der Waals surface area contributed by atoms with Gasteiger partial charge in [-0.05, 0) is 38.0 Å². The number of carbonyl (C=O) groups excluding carboxylic acids is 1. The Morgan fingerprint density at radius 3 is 2.39 bits per heavy atom. The molecule has 0 radical (unpaired) electrons. The summed E-state index contributed by atoms with van der Waals surface area (Å²) in [6, 6.07) is 0.785. The van der Waals surface area contributed by atoms with Crippen molar-refractivity contribution in [2.75, 3.05) is 13.1 Å². The van der Waals surface area contributed by atoms with Crippen LogP contribution in [0.15, 0.2) is 0 Å². The van der Waals surface area contributed by atoms with Gasteiger partial charge in [-0.15, -0.1) is 0 Å². The number of rotatable bonds is 2. The van der Waals surface area contributed by atoms with Crippen LogP contribution in [0, 0.1) is 5.41 Å². The van der Waals surface area contributed by atoms with Gasteiger partial charge in [0, 0.05) is 25.2 Å². The molecule has 1 saturated heterocycles. The quantitative estimate of drug-likeness (QED) is 0.689. The first-order valence-electron chi connectivity index (χ1n) is 7.23. The third kappa shape index (κ3) is 3.69. The Labute approximate surface area is 110 Å².